The Labute approximate surface area is 92.7 Å². The zero-order chi connectivity index (χ0) is 11.5. The lowest BCUT2D eigenvalue weighted by molar-refractivity contribution is 0.278. The molecule has 4 heteroatoms. The van der Waals surface area contributed by atoms with E-state index < -0.39 is 17.8 Å². The molecule has 0 aromatic heterocycles. The third-order valence-electron chi connectivity index (χ3n) is 3.00. The number of halogens is 3. The Kier molecular flexibility index (Phi) is 3.49. The van der Waals surface area contributed by atoms with Crippen LogP contribution in [0.3, 0.4) is 0 Å². The van der Waals surface area contributed by atoms with Crippen LogP contribution in [0.4, 0.5) is 13.2 Å². The number of hydrogen-bond donors (Lipinski definition) is 1. The molecule has 1 N–H and O–H groups in total. The minimum absolute atomic E-state index is 0.190. The fourth-order valence-corrected chi connectivity index (χ4v) is 2.05. The summed E-state index contributed by atoms with van der Waals surface area (Å²) >= 11 is 0. The Morgan fingerprint density at radius 2 is 2.06 bits per heavy atom. The van der Waals surface area contributed by atoms with Gasteiger partial charge in [0.2, 0.25) is 0 Å². The van der Waals surface area contributed by atoms with Crippen LogP contribution >= 0.6 is 0 Å². The van der Waals surface area contributed by atoms with Gasteiger partial charge in [0.05, 0.1) is 0 Å². The van der Waals surface area contributed by atoms with Gasteiger partial charge in [-0.1, -0.05) is 6.07 Å². The lowest BCUT2D eigenvalue weighted by Crippen LogP contribution is -2.33. The SMILES string of the molecule is Fc1ccc(CNC2CCCC2F)c(F)c1. The zero-order valence-electron chi connectivity index (χ0n) is 8.85. The van der Waals surface area contributed by atoms with Crippen molar-refractivity contribution in [2.45, 2.75) is 38.0 Å². The molecular weight excluding hydrogens is 215 g/mol. The van der Waals surface area contributed by atoms with Crippen molar-refractivity contribution >= 4 is 0 Å². The van der Waals surface area contributed by atoms with Gasteiger partial charge < -0.3 is 5.32 Å². The van der Waals surface area contributed by atoms with Gasteiger partial charge in [0.1, 0.15) is 17.8 Å². The van der Waals surface area contributed by atoms with Crippen molar-refractivity contribution in [3.63, 3.8) is 0 Å². The smallest absolute Gasteiger partial charge is 0.130 e. The molecule has 0 aliphatic heterocycles. The summed E-state index contributed by atoms with van der Waals surface area (Å²) in [5.41, 5.74) is 0.375. The Bertz CT molecular complexity index is 367. The van der Waals surface area contributed by atoms with Crippen LogP contribution in [0, 0.1) is 11.6 Å². The van der Waals surface area contributed by atoms with E-state index >= 15 is 0 Å². The number of rotatable bonds is 3. The largest absolute Gasteiger partial charge is 0.307 e. The molecule has 0 heterocycles. The van der Waals surface area contributed by atoms with E-state index in [4.69, 9.17) is 0 Å². The maximum Gasteiger partial charge on any atom is 0.130 e. The highest BCUT2D eigenvalue weighted by molar-refractivity contribution is 5.18. The monoisotopic (exact) mass is 229 g/mol. The second kappa shape index (κ2) is 4.87. The van der Waals surface area contributed by atoms with Crippen LogP contribution in [0.5, 0.6) is 0 Å². The molecule has 0 spiro atoms. The lowest BCUT2D eigenvalue weighted by Gasteiger charge is -2.15. The van der Waals surface area contributed by atoms with Gasteiger partial charge in [0.15, 0.2) is 0 Å². The second-order valence-electron chi connectivity index (χ2n) is 4.17. The average molecular weight is 229 g/mol. The summed E-state index contributed by atoms with van der Waals surface area (Å²) in [6.45, 7) is 0.247. The van der Waals surface area contributed by atoms with E-state index in [1.54, 1.807) is 0 Å². The van der Waals surface area contributed by atoms with Gasteiger partial charge in [-0.3, -0.25) is 0 Å². The maximum absolute atomic E-state index is 13.2. The summed E-state index contributed by atoms with van der Waals surface area (Å²) in [4.78, 5) is 0. The van der Waals surface area contributed by atoms with Crippen molar-refractivity contribution in [2.24, 2.45) is 0 Å². The molecule has 1 saturated carbocycles. The molecule has 0 amide bonds. The highest BCUT2D eigenvalue weighted by Gasteiger charge is 2.26. The fourth-order valence-electron chi connectivity index (χ4n) is 2.05. The molecule has 1 aromatic carbocycles. The fraction of sp³-hybridized carbons (Fsp3) is 0.500. The van der Waals surface area contributed by atoms with E-state index in [1.165, 1.54) is 12.1 Å². The molecule has 1 aromatic rings. The molecule has 16 heavy (non-hydrogen) atoms. The number of hydrogen-bond acceptors (Lipinski definition) is 1. The van der Waals surface area contributed by atoms with E-state index in [0.29, 0.717) is 12.0 Å². The second-order valence-corrected chi connectivity index (χ2v) is 4.17. The van der Waals surface area contributed by atoms with Crippen molar-refractivity contribution in [3.05, 3.63) is 35.4 Å². The van der Waals surface area contributed by atoms with E-state index in [2.05, 4.69) is 5.32 Å². The molecule has 0 bridgehead atoms. The van der Waals surface area contributed by atoms with Crippen molar-refractivity contribution in [3.8, 4) is 0 Å². The third-order valence-corrected chi connectivity index (χ3v) is 3.00. The molecule has 88 valence electrons. The van der Waals surface area contributed by atoms with Crippen LogP contribution in [0.1, 0.15) is 24.8 Å². The third kappa shape index (κ3) is 2.55. The van der Waals surface area contributed by atoms with Crippen LogP contribution in [-0.4, -0.2) is 12.2 Å². The average Bonchev–Trinajstić information content (AvgIpc) is 2.63. The van der Waals surface area contributed by atoms with Crippen LogP contribution in [0.15, 0.2) is 18.2 Å². The topological polar surface area (TPSA) is 12.0 Å². The highest BCUT2D eigenvalue weighted by Crippen LogP contribution is 2.22. The van der Waals surface area contributed by atoms with Gasteiger partial charge in [-0.25, -0.2) is 13.2 Å². The molecule has 1 aliphatic carbocycles. The molecule has 2 rings (SSSR count). The maximum atomic E-state index is 13.2. The lowest BCUT2D eigenvalue weighted by atomic mass is 10.1. The van der Waals surface area contributed by atoms with E-state index in [9.17, 15) is 13.2 Å². The predicted octanol–water partition coefficient (Wildman–Crippen LogP) is 2.95. The zero-order valence-corrected chi connectivity index (χ0v) is 8.85. The predicted molar refractivity (Wildman–Crippen MR) is 55.7 cm³/mol. The summed E-state index contributed by atoms with van der Waals surface area (Å²) in [5, 5.41) is 2.97. The first-order chi connectivity index (χ1) is 7.66. The minimum Gasteiger partial charge on any atom is -0.307 e. The van der Waals surface area contributed by atoms with Crippen molar-refractivity contribution < 1.29 is 13.2 Å². The van der Waals surface area contributed by atoms with Gasteiger partial charge in [-0.05, 0) is 25.3 Å². The molecule has 1 aliphatic rings. The first-order valence-corrected chi connectivity index (χ1v) is 5.48. The number of nitrogens with one attached hydrogen (secondary N) is 1. The standard InChI is InChI=1S/C12H14F3N/c13-9-5-4-8(11(15)6-9)7-16-12-3-1-2-10(12)14/h4-6,10,12,16H,1-3,7H2. The normalized spacial score (nSPS) is 24.9. The van der Waals surface area contributed by atoms with Crippen LogP contribution < -0.4 is 5.32 Å². The molecule has 2 unspecified atom stereocenters. The van der Waals surface area contributed by atoms with Crippen molar-refractivity contribution in [1.29, 1.82) is 0 Å². The summed E-state index contributed by atoms with van der Waals surface area (Å²) in [7, 11) is 0. The number of benzene rings is 1. The Hall–Kier alpha value is -1.03. The van der Waals surface area contributed by atoms with Gasteiger partial charge in [-0.15, -0.1) is 0 Å². The number of alkyl halides is 1. The van der Waals surface area contributed by atoms with Gasteiger partial charge >= 0.3 is 0 Å². The van der Waals surface area contributed by atoms with E-state index in [-0.39, 0.29) is 12.6 Å². The quantitative estimate of drug-likeness (QED) is 0.840. The van der Waals surface area contributed by atoms with Crippen LogP contribution in [0.25, 0.3) is 0 Å². The van der Waals surface area contributed by atoms with Crippen LogP contribution in [-0.2, 0) is 6.54 Å². The van der Waals surface area contributed by atoms with Gasteiger partial charge in [0.25, 0.3) is 0 Å². The van der Waals surface area contributed by atoms with Crippen molar-refractivity contribution in [2.75, 3.05) is 0 Å². The molecule has 1 nitrogen and oxygen atoms in total. The van der Waals surface area contributed by atoms with Gasteiger partial charge in [0, 0.05) is 24.2 Å². The first-order valence-electron chi connectivity index (χ1n) is 5.48. The Balaban J connectivity index is 1.94. The highest BCUT2D eigenvalue weighted by atomic mass is 19.1. The summed E-state index contributed by atoms with van der Waals surface area (Å²) < 4.78 is 39.1. The molecule has 1 fully saturated rings. The van der Waals surface area contributed by atoms with Crippen molar-refractivity contribution in [1.82, 2.24) is 5.32 Å². The molecule has 2 atom stereocenters. The summed E-state index contributed by atoms with van der Waals surface area (Å²) in [6, 6.07) is 3.25. The first kappa shape index (κ1) is 11.5. The Morgan fingerprint density at radius 3 is 2.69 bits per heavy atom. The Morgan fingerprint density at radius 1 is 1.25 bits per heavy atom. The summed E-state index contributed by atoms with van der Waals surface area (Å²) in [5.74, 6) is -1.17. The van der Waals surface area contributed by atoms with Crippen LogP contribution in [0.2, 0.25) is 0 Å². The van der Waals surface area contributed by atoms with E-state index in [0.717, 1.165) is 18.9 Å². The summed E-state index contributed by atoms with van der Waals surface area (Å²) in [6.07, 6.45) is 1.38. The molecule has 0 radical (unpaired) electrons. The minimum atomic E-state index is -0.844. The van der Waals surface area contributed by atoms with Gasteiger partial charge in [-0.2, -0.15) is 0 Å². The molecular formula is C12H14F3N. The molecule has 0 saturated heterocycles. The van der Waals surface area contributed by atoms with E-state index in [1.807, 2.05) is 0 Å².